The first kappa shape index (κ1) is 22.4. The summed E-state index contributed by atoms with van der Waals surface area (Å²) in [6, 6.07) is 4.66. The highest BCUT2D eigenvalue weighted by Gasteiger charge is 2.36. The average molecular weight is 452 g/mol. The molecule has 7 nitrogen and oxygen atoms in total. The van der Waals surface area contributed by atoms with Gasteiger partial charge in [-0.05, 0) is 83.4 Å². The molecule has 2 aromatic heterocycles. The Morgan fingerprint density at radius 2 is 2.00 bits per heavy atom. The molecule has 3 heterocycles. The Bertz CT molecular complexity index is 1000. The normalized spacial score (nSPS) is 25.6. The van der Waals surface area contributed by atoms with Gasteiger partial charge in [0, 0.05) is 42.9 Å². The summed E-state index contributed by atoms with van der Waals surface area (Å²) < 4.78 is 7.83. The van der Waals surface area contributed by atoms with Gasteiger partial charge in [0.15, 0.2) is 0 Å². The zero-order chi connectivity index (χ0) is 23.2. The monoisotopic (exact) mass is 451 g/mol. The maximum absolute atomic E-state index is 12.7. The minimum atomic E-state index is -0.484. The van der Waals surface area contributed by atoms with E-state index in [-0.39, 0.29) is 12.0 Å². The van der Waals surface area contributed by atoms with Gasteiger partial charge in [0.25, 0.3) is 0 Å². The van der Waals surface area contributed by atoms with Crippen LogP contribution in [0.2, 0.25) is 0 Å². The molecule has 3 fully saturated rings. The number of rotatable bonds is 5. The molecule has 1 atom stereocenters. The number of carbonyl (C=O) groups is 1. The molecule has 2 aliphatic carbocycles. The van der Waals surface area contributed by atoms with Crippen LogP contribution in [-0.4, -0.2) is 51.0 Å². The molecule has 1 unspecified atom stereocenters. The minimum absolute atomic E-state index is 0.219. The second-order valence-corrected chi connectivity index (χ2v) is 11.1. The summed E-state index contributed by atoms with van der Waals surface area (Å²) in [4.78, 5) is 19.5. The number of likely N-dealkylation sites (tertiary alicyclic amines) is 1. The fourth-order valence-electron chi connectivity index (χ4n) is 5.24. The molecule has 0 spiro atoms. The van der Waals surface area contributed by atoms with Crippen LogP contribution >= 0.6 is 0 Å². The number of amides is 1. The number of aromatic nitrogens is 3. The van der Waals surface area contributed by atoms with Crippen molar-refractivity contribution in [2.24, 2.45) is 11.7 Å². The van der Waals surface area contributed by atoms with E-state index < -0.39 is 5.60 Å². The van der Waals surface area contributed by atoms with Gasteiger partial charge in [-0.2, -0.15) is 5.10 Å². The zero-order valence-electron chi connectivity index (χ0n) is 20.2. The number of nitrogens with two attached hydrogens (primary N) is 1. The molecule has 5 rings (SSSR count). The minimum Gasteiger partial charge on any atom is -0.444 e. The molecule has 0 radical (unpaired) electrons. The van der Waals surface area contributed by atoms with Crippen LogP contribution in [0.5, 0.6) is 0 Å². The standard InChI is InChI=1S/C26H37N5O2/c1-26(2,3)33-25(32)30-11-5-6-19(15-30)21-7-4-10-28-24(21)22-16-31(20-12-17(13-20)14-27)29-23(22)18-8-9-18/h4,7,10,16-20H,5-6,8-9,11-15,27H2,1-3H3. The third kappa shape index (κ3) is 4.79. The maximum Gasteiger partial charge on any atom is 0.410 e. The third-order valence-electron chi connectivity index (χ3n) is 7.25. The van der Waals surface area contributed by atoms with Crippen molar-refractivity contribution in [3.63, 3.8) is 0 Å². The second-order valence-electron chi connectivity index (χ2n) is 11.1. The lowest BCUT2D eigenvalue weighted by Crippen LogP contribution is -2.42. The van der Waals surface area contributed by atoms with Gasteiger partial charge in [0.1, 0.15) is 5.60 Å². The molecular weight excluding hydrogens is 414 g/mol. The van der Waals surface area contributed by atoms with Crippen molar-refractivity contribution >= 4 is 6.09 Å². The fourth-order valence-corrected chi connectivity index (χ4v) is 5.24. The van der Waals surface area contributed by atoms with E-state index >= 15 is 0 Å². The van der Waals surface area contributed by atoms with Crippen LogP contribution < -0.4 is 5.73 Å². The lowest BCUT2D eigenvalue weighted by atomic mass is 9.80. The smallest absolute Gasteiger partial charge is 0.410 e. The molecule has 2 aromatic rings. The molecule has 1 saturated heterocycles. The third-order valence-corrected chi connectivity index (χ3v) is 7.25. The van der Waals surface area contributed by atoms with Crippen LogP contribution in [0.25, 0.3) is 11.3 Å². The Labute approximate surface area is 196 Å². The zero-order valence-corrected chi connectivity index (χ0v) is 20.2. The molecule has 2 saturated carbocycles. The van der Waals surface area contributed by atoms with Gasteiger partial charge >= 0.3 is 6.09 Å². The van der Waals surface area contributed by atoms with Gasteiger partial charge in [-0.1, -0.05) is 6.07 Å². The molecule has 3 aliphatic rings. The van der Waals surface area contributed by atoms with E-state index in [2.05, 4.69) is 16.9 Å². The van der Waals surface area contributed by atoms with Gasteiger partial charge in [0.05, 0.1) is 17.4 Å². The second kappa shape index (κ2) is 8.75. The Hall–Kier alpha value is -2.41. The fraction of sp³-hybridized carbons (Fsp3) is 0.654. The van der Waals surface area contributed by atoms with Crippen LogP contribution in [0.1, 0.15) is 88.4 Å². The summed E-state index contributed by atoms with van der Waals surface area (Å²) >= 11 is 0. The predicted octanol–water partition coefficient (Wildman–Crippen LogP) is 4.85. The van der Waals surface area contributed by atoms with E-state index in [1.807, 2.05) is 37.9 Å². The van der Waals surface area contributed by atoms with Gasteiger partial charge in [0.2, 0.25) is 0 Å². The summed E-state index contributed by atoms with van der Waals surface area (Å²) in [5.74, 6) is 1.42. The SMILES string of the molecule is CC(C)(C)OC(=O)N1CCCC(c2cccnc2-c2cn(C3CC(CN)C3)nc2C2CC2)C1. The number of ether oxygens (including phenoxy) is 1. The van der Waals surface area contributed by atoms with Crippen molar-refractivity contribution in [2.45, 2.75) is 82.8 Å². The van der Waals surface area contributed by atoms with Gasteiger partial charge in [-0.25, -0.2) is 4.79 Å². The molecule has 33 heavy (non-hydrogen) atoms. The van der Waals surface area contributed by atoms with Gasteiger partial charge < -0.3 is 15.4 Å². The van der Waals surface area contributed by atoms with Crippen molar-refractivity contribution in [2.75, 3.05) is 19.6 Å². The summed E-state index contributed by atoms with van der Waals surface area (Å²) in [5.41, 5.74) is 10.0. The molecule has 7 heteroatoms. The largest absolute Gasteiger partial charge is 0.444 e. The molecule has 1 amide bonds. The Kier molecular flexibility index (Phi) is 5.93. The highest BCUT2D eigenvalue weighted by Crippen LogP contribution is 2.46. The molecule has 1 aliphatic heterocycles. The van der Waals surface area contributed by atoms with E-state index in [0.29, 0.717) is 24.4 Å². The Balaban J connectivity index is 1.41. The number of nitrogens with zero attached hydrogens (tertiary/aromatic N) is 4. The van der Waals surface area contributed by atoms with Crippen molar-refractivity contribution in [3.8, 4) is 11.3 Å². The molecule has 0 bridgehead atoms. The van der Waals surface area contributed by atoms with Crippen LogP contribution in [0.15, 0.2) is 24.5 Å². The van der Waals surface area contributed by atoms with E-state index in [1.54, 1.807) is 0 Å². The molecule has 2 N–H and O–H groups in total. The van der Waals surface area contributed by atoms with Gasteiger partial charge in [-0.3, -0.25) is 9.67 Å². The lowest BCUT2D eigenvalue weighted by molar-refractivity contribution is 0.0198. The number of pyridine rings is 1. The summed E-state index contributed by atoms with van der Waals surface area (Å²) in [6.45, 7) is 7.93. The Morgan fingerprint density at radius 3 is 2.70 bits per heavy atom. The quantitative estimate of drug-likeness (QED) is 0.702. The molecular formula is C26H37N5O2. The van der Waals surface area contributed by atoms with Crippen molar-refractivity contribution in [1.82, 2.24) is 19.7 Å². The summed E-state index contributed by atoms with van der Waals surface area (Å²) in [6.07, 6.45) is 10.6. The number of piperidine rings is 1. The predicted molar refractivity (Wildman–Crippen MR) is 128 cm³/mol. The van der Waals surface area contributed by atoms with Crippen molar-refractivity contribution in [3.05, 3.63) is 35.8 Å². The van der Waals surface area contributed by atoms with Crippen LogP contribution in [-0.2, 0) is 4.74 Å². The van der Waals surface area contributed by atoms with Crippen LogP contribution in [0.4, 0.5) is 4.79 Å². The van der Waals surface area contributed by atoms with Gasteiger partial charge in [-0.15, -0.1) is 0 Å². The first-order valence-electron chi connectivity index (χ1n) is 12.5. The number of hydrogen-bond acceptors (Lipinski definition) is 5. The number of hydrogen-bond donors (Lipinski definition) is 1. The van der Waals surface area contributed by atoms with E-state index in [0.717, 1.165) is 44.5 Å². The maximum atomic E-state index is 12.7. The van der Waals surface area contributed by atoms with E-state index in [1.165, 1.54) is 29.7 Å². The lowest BCUT2D eigenvalue weighted by Gasteiger charge is -2.35. The van der Waals surface area contributed by atoms with Crippen LogP contribution in [0.3, 0.4) is 0 Å². The molecule has 178 valence electrons. The summed E-state index contributed by atoms with van der Waals surface area (Å²) in [5, 5.41) is 5.06. The van der Waals surface area contributed by atoms with Crippen molar-refractivity contribution in [1.29, 1.82) is 0 Å². The van der Waals surface area contributed by atoms with E-state index in [9.17, 15) is 4.79 Å². The first-order chi connectivity index (χ1) is 15.8. The summed E-state index contributed by atoms with van der Waals surface area (Å²) in [7, 11) is 0. The molecule has 0 aromatic carbocycles. The van der Waals surface area contributed by atoms with E-state index in [4.69, 9.17) is 20.6 Å². The number of carbonyl (C=O) groups excluding carboxylic acids is 1. The van der Waals surface area contributed by atoms with Crippen molar-refractivity contribution < 1.29 is 9.53 Å². The first-order valence-corrected chi connectivity index (χ1v) is 12.5. The van der Waals surface area contributed by atoms with Crippen LogP contribution in [0, 0.1) is 5.92 Å². The Morgan fingerprint density at radius 1 is 1.21 bits per heavy atom. The average Bonchev–Trinajstić information content (AvgIpc) is 3.51. The highest BCUT2D eigenvalue weighted by molar-refractivity contribution is 5.69. The highest BCUT2D eigenvalue weighted by atomic mass is 16.6. The topological polar surface area (TPSA) is 86.3 Å².